The van der Waals surface area contributed by atoms with Crippen LogP contribution in [-0.4, -0.2) is 25.7 Å². The first-order valence-electron chi connectivity index (χ1n) is 18.9. The highest BCUT2D eigenvalue weighted by atomic mass is 16.5. The molecule has 2 N–H and O–H groups in total. The minimum Gasteiger partial charge on any atom is -0.462 e. The lowest BCUT2D eigenvalue weighted by Gasteiger charge is -2.25. The van der Waals surface area contributed by atoms with E-state index in [-0.39, 0.29) is 5.97 Å². The van der Waals surface area contributed by atoms with Crippen LogP contribution in [0.4, 0.5) is 39.8 Å². The van der Waals surface area contributed by atoms with Crippen molar-refractivity contribution in [3.05, 3.63) is 139 Å². The summed E-state index contributed by atoms with van der Waals surface area (Å²) in [6.45, 7) is 6.88. The summed E-state index contributed by atoms with van der Waals surface area (Å²) in [6.07, 6.45) is 2.87. The van der Waals surface area contributed by atoms with E-state index < -0.39 is 0 Å². The summed E-state index contributed by atoms with van der Waals surface area (Å²) in [5, 5.41) is 30.4. The Hall–Kier alpha value is -6.61. The maximum atomic E-state index is 12.3. The van der Waals surface area contributed by atoms with Gasteiger partial charge in [-0.1, -0.05) is 93.1 Å². The Balaban J connectivity index is 1.12. The van der Waals surface area contributed by atoms with Gasteiger partial charge in [0.2, 0.25) is 0 Å². The van der Waals surface area contributed by atoms with Crippen LogP contribution in [-0.2, 0) is 4.74 Å². The zero-order valence-electron chi connectivity index (χ0n) is 31.7. The number of unbranched alkanes of at least 4 members (excludes halogenated alkanes) is 1. The van der Waals surface area contributed by atoms with Crippen molar-refractivity contribution in [1.82, 2.24) is 0 Å². The molecule has 7 aromatic carbocycles. The monoisotopic (exact) mass is 727 g/mol. The van der Waals surface area contributed by atoms with Gasteiger partial charge in [-0.2, -0.15) is 5.11 Å². The molecule has 276 valence electrons. The Kier molecular flexibility index (Phi) is 11.4. The van der Waals surface area contributed by atoms with Gasteiger partial charge in [-0.05, 0) is 80.4 Å². The molecule has 55 heavy (non-hydrogen) atoms. The van der Waals surface area contributed by atoms with Crippen LogP contribution in [0.1, 0.15) is 50.4 Å². The molecule has 7 aromatic rings. The molecule has 0 fully saturated rings. The molecule has 0 spiro atoms. The van der Waals surface area contributed by atoms with Gasteiger partial charge in [0.1, 0.15) is 0 Å². The largest absolute Gasteiger partial charge is 0.462 e. The molecule has 0 radical (unpaired) electrons. The smallest absolute Gasteiger partial charge is 0.338 e. The average molecular weight is 728 g/mol. The van der Waals surface area contributed by atoms with Crippen LogP contribution in [0.15, 0.2) is 154 Å². The standard InChI is InChI=1S/C46H45N7O2/c1-5-7-30-55-46(54)32-20-22-33(23-21-32)48-49-41-24-25-42(35-15-9-8-14-34(35)41)50-51-43-26-27-44(37-17-11-10-16-36(37)43)52-53(4)45-29-28-40(47-31(3)6-2)38-18-12-13-19-39(38)45/h8-29,31,47,52H,5-7,30H2,1-4H3/b49-48+,51-50+. The number of rotatable bonds is 14. The number of ether oxygens (including phenoxy) is 1. The van der Waals surface area contributed by atoms with Crippen LogP contribution in [0.2, 0.25) is 0 Å². The van der Waals surface area contributed by atoms with Crippen molar-refractivity contribution >= 4 is 78.1 Å². The summed E-state index contributed by atoms with van der Waals surface area (Å²) in [4.78, 5) is 12.3. The fourth-order valence-corrected chi connectivity index (χ4v) is 6.50. The molecule has 0 aliphatic carbocycles. The Morgan fingerprint density at radius 2 is 1.13 bits per heavy atom. The molecule has 9 heteroatoms. The Morgan fingerprint density at radius 1 is 0.618 bits per heavy atom. The first-order chi connectivity index (χ1) is 26.9. The number of hydrogen-bond donors (Lipinski definition) is 2. The fourth-order valence-electron chi connectivity index (χ4n) is 6.50. The van der Waals surface area contributed by atoms with E-state index in [4.69, 9.17) is 15.0 Å². The summed E-state index contributed by atoms with van der Waals surface area (Å²) in [7, 11) is 2.05. The average Bonchev–Trinajstić information content (AvgIpc) is 3.23. The first-order valence-corrected chi connectivity index (χ1v) is 18.9. The molecular weight excluding hydrogens is 683 g/mol. The third-order valence-corrected chi connectivity index (χ3v) is 9.72. The van der Waals surface area contributed by atoms with E-state index in [1.165, 1.54) is 5.39 Å². The number of fused-ring (bicyclic) bond motifs is 3. The van der Waals surface area contributed by atoms with E-state index in [1.54, 1.807) is 24.3 Å². The van der Waals surface area contributed by atoms with Gasteiger partial charge < -0.3 is 10.1 Å². The highest BCUT2D eigenvalue weighted by Gasteiger charge is 2.14. The molecule has 9 nitrogen and oxygen atoms in total. The van der Waals surface area contributed by atoms with E-state index in [1.807, 2.05) is 61.6 Å². The zero-order valence-corrected chi connectivity index (χ0v) is 31.7. The van der Waals surface area contributed by atoms with Gasteiger partial charge in [-0.3, -0.25) is 10.4 Å². The molecule has 0 heterocycles. The summed E-state index contributed by atoms with van der Waals surface area (Å²) < 4.78 is 5.31. The maximum absolute atomic E-state index is 12.3. The SMILES string of the molecule is CCCCOC(=O)c1ccc(/N=N/c2ccc(/N=N/c3ccc(NN(C)c4ccc(NC(C)CC)c5ccccc45)c4ccccc34)c3ccccc23)cc1. The van der Waals surface area contributed by atoms with Crippen molar-refractivity contribution in [1.29, 1.82) is 0 Å². The number of hydrogen-bond acceptors (Lipinski definition) is 9. The highest BCUT2D eigenvalue weighted by molar-refractivity contribution is 6.04. The molecule has 0 saturated heterocycles. The van der Waals surface area contributed by atoms with Crippen LogP contribution >= 0.6 is 0 Å². The van der Waals surface area contributed by atoms with Crippen LogP contribution in [0.25, 0.3) is 32.3 Å². The predicted molar refractivity (Wildman–Crippen MR) is 227 cm³/mol. The summed E-state index contributed by atoms with van der Waals surface area (Å²) >= 11 is 0. The molecule has 0 aliphatic rings. The van der Waals surface area contributed by atoms with Crippen LogP contribution in [0.3, 0.4) is 0 Å². The van der Waals surface area contributed by atoms with Gasteiger partial charge in [-0.15, -0.1) is 15.3 Å². The number of nitrogens with one attached hydrogen (secondary N) is 2. The van der Waals surface area contributed by atoms with Gasteiger partial charge >= 0.3 is 5.97 Å². The minimum atomic E-state index is -0.332. The topological polar surface area (TPSA) is 103 Å². The molecule has 0 saturated carbocycles. The van der Waals surface area contributed by atoms with E-state index in [9.17, 15) is 4.79 Å². The molecular formula is C46H45N7O2. The number of hydrazine groups is 1. The number of azo groups is 2. The molecule has 7 rings (SSSR count). The van der Waals surface area contributed by atoms with Crippen molar-refractivity contribution in [2.75, 3.05) is 29.4 Å². The third-order valence-electron chi connectivity index (χ3n) is 9.72. The number of nitrogens with zero attached hydrogens (tertiary/aromatic N) is 5. The van der Waals surface area contributed by atoms with E-state index in [2.05, 4.69) is 101 Å². The van der Waals surface area contributed by atoms with Crippen molar-refractivity contribution in [2.45, 2.75) is 46.1 Å². The summed E-state index contributed by atoms with van der Waals surface area (Å²) in [5.41, 5.74) is 10.1. The van der Waals surface area contributed by atoms with E-state index in [0.717, 1.165) is 74.6 Å². The molecule has 1 atom stereocenters. The number of esters is 1. The van der Waals surface area contributed by atoms with Crippen LogP contribution in [0.5, 0.6) is 0 Å². The van der Waals surface area contributed by atoms with Gasteiger partial charge in [0.25, 0.3) is 0 Å². The molecule has 1 unspecified atom stereocenters. The van der Waals surface area contributed by atoms with Crippen molar-refractivity contribution in [3.8, 4) is 0 Å². The Morgan fingerprint density at radius 3 is 1.73 bits per heavy atom. The fraction of sp³-hybridized carbons (Fsp3) is 0.196. The summed E-state index contributed by atoms with van der Waals surface area (Å²) in [5.74, 6) is -0.332. The second kappa shape index (κ2) is 17.0. The zero-order chi connectivity index (χ0) is 38.1. The van der Waals surface area contributed by atoms with Gasteiger partial charge in [-0.25, -0.2) is 4.79 Å². The second-order valence-corrected chi connectivity index (χ2v) is 13.6. The van der Waals surface area contributed by atoms with Crippen molar-refractivity contribution < 1.29 is 9.53 Å². The van der Waals surface area contributed by atoms with E-state index >= 15 is 0 Å². The second-order valence-electron chi connectivity index (χ2n) is 13.6. The highest BCUT2D eigenvalue weighted by Crippen LogP contribution is 2.38. The van der Waals surface area contributed by atoms with Gasteiger partial charge in [0.15, 0.2) is 0 Å². The van der Waals surface area contributed by atoms with Gasteiger partial charge in [0.05, 0.1) is 46.3 Å². The molecule has 0 bridgehead atoms. The third kappa shape index (κ3) is 8.31. The Labute approximate surface area is 321 Å². The number of carbonyl (C=O) groups excluding carboxylic acids is 1. The summed E-state index contributed by atoms with van der Waals surface area (Å²) in [6, 6.07) is 44.2. The van der Waals surface area contributed by atoms with Crippen molar-refractivity contribution in [2.24, 2.45) is 20.5 Å². The number of carbonyl (C=O) groups is 1. The van der Waals surface area contributed by atoms with Crippen LogP contribution in [0, 0.1) is 0 Å². The molecule has 0 aliphatic heterocycles. The number of anilines is 3. The normalized spacial score (nSPS) is 12.1. The lowest BCUT2D eigenvalue weighted by Crippen LogP contribution is -2.25. The Bertz CT molecular complexity index is 2510. The molecule has 0 aromatic heterocycles. The van der Waals surface area contributed by atoms with E-state index in [0.29, 0.717) is 29.6 Å². The lowest BCUT2D eigenvalue weighted by molar-refractivity contribution is 0.0499. The van der Waals surface area contributed by atoms with Crippen LogP contribution < -0.4 is 15.8 Å². The first kappa shape index (κ1) is 36.7. The van der Waals surface area contributed by atoms with Crippen molar-refractivity contribution in [3.63, 3.8) is 0 Å². The quantitative estimate of drug-likeness (QED) is 0.0502. The minimum absolute atomic E-state index is 0.332. The van der Waals surface area contributed by atoms with Gasteiger partial charge in [0, 0.05) is 51.1 Å². The predicted octanol–water partition coefficient (Wildman–Crippen LogP) is 13.6. The maximum Gasteiger partial charge on any atom is 0.338 e. The molecule has 0 amide bonds. The number of benzene rings is 7. The lowest BCUT2D eigenvalue weighted by atomic mass is 10.1.